The average molecular weight is 306 g/mol. The summed E-state index contributed by atoms with van der Waals surface area (Å²) in [6, 6.07) is 7.58. The minimum absolute atomic E-state index is 0.0503. The molecule has 0 bridgehead atoms. The Bertz CT molecular complexity index is 931. The van der Waals surface area contributed by atoms with Gasteiger partial charge in [0.05, 0.1) is 16.5 Å². The largest absolute Gasteiger partial charge is 0.504 e. The van der Waals surface area contributed by atoms with E-state index in [2.05, 4.69) is 4.98 Å². The highest BCUT2D eigenvalue weighted by Gasteiger charge is 2.21. The van der Waals surface area contributed by atoms with Gasteiger partial charge in [0, 0.05) is 6.20 Å². The van der Waals surface area contributed by atoms with Gasteiger partial charge in [-0.25, -0.2) is 21.8 Å². The van der Waals surface area contributed by atoms with Crippen molar-refractivity contribution in [3.63, 3.8) is 0 Å². The van der Waals surface area contributed by atoms with Gasteiger partial charge in [0.2, 0.25) is 0 Å². The van der Waals surface area contributed by atoms with Crippen molar-refractivity contribution >= 4 is 21.1 Å². The summed E-state index contributed by atoms with van der Waals surface area (Å²) in [5.74, 6) is -1.51. The van der Waals surface area contributed by atoms with E-state index in [-0.39, 0.29) is 15.9 Å². The van der Waals surface area contributed by atoms with Crippen LogP contribution in [0, 0.1) is 12.7 Å². The van der Waals surface area contributed by atoms with Crippen molar-refractivity contribution in [2.45, 2.75) is 11.8 Å². The maximum Gasteiger partial charge on any atom is 0.269 e. The molecule has 3 aromatic rings. The van der Waals surface area contributed by atoms with Crippen molar-refractivity contribution in [3.8, 4) is 5.75 Å². The first-order valence-electron chi connectivity index (χ1n) is 6.08. The molecule has 0 aliphatic heterocycles. The van der Waals surface area contributed by atoms with Crippen molar-refractivity contribution < 1.29 is 17.9 Å². The lowest BCUT2D eigenvalue weighted by molar-refractivity contribution is 0.433. The molecule has 0 radical (unpaired) electrons. The van der Waals surface area contributed by atoms with E-state index in [1.165, 1.54) is 24.4 Å². The van der Waals surface area contributed by atoms with Gasteiger partial charge in [-0.1, -0.05) is 17.7 Å². The zero-order valence-electron chi connectivity index (χ0n) is 11.0. The molecule has 0 fully saturated rings. The SMILES string of the molecule is Cc1ccc(S(=O)(=O)n2ccc3c(F)c(O)cnc32)cc1. The van der Waals surface area contributed by atoms with Crippen LogP contribution in [0.15, 0.2) is 47.6 Å². The van der Waals surface area contributed by atoms with Crippen LogP contribution in [0.1, 0.15) is 5.56 Å². The maximum atomic E-state index is 13.8. The van der Waals surface area contributed by atoms with Crippen molar-refractivity contribution in [1.82, 2.24) is 8.96 Å². The van der Waals surface area contributed by atoms with Crippen LogP contribution in [0.4, 0.5) is 4.39 Å². The van der Waals surface area contributed by atoms with Crippen LogP contribution >= 0.6 is 0 Å². The molecule has 0 amide bonds. The monoisotopic (exact) mass is 306 g/mol. The Labute approximate surface area is 120 Å². The molecule has 1 N–H and O–H groups in total. The first-order valence-corrected chi connectivity index (χ1v) is 7.52. The van der Waals surface area contributed by atoms with Crippen LogP contribution in [-0.4, -0.2) is 22.5 Å². The first kappa shape index (κ1) is 13.6. The molecule has 0 unspecified atom stereocenters. The molecular weight excluding hydrogens is 295 g/mol. The number of nitrogens with zero attached hydrogens (tertiary/aromatic N) is 2. The Morgan fingerprint density at radius 2 is 1.86 bits per heavy atom. The van der Waals surface area contributed by atoms with Crippen LogP contribution in [0.3, 0.4) is 0 Å². The van der Waals surface area contributed by atoms with Crippen LogP contribution in [-0.2, 0) is 10.0 Å². The van der Waals surface area contributed by atoms with Gasteiger partial charge < -0.3 is 5.11 Å². The van der Waals surface area contributed by atoms with Crippen molar-refractivity contribution in [2.24, 2.45) is 0 Å². The third-order valence-electron chi connectivity index (χ3n) is 3.17. The second kappa shape index (κ2) is 4.56. The standard InChI is InChI=1S/C14H11FN2O3S/c1-9-2-4-10(5-3-9)21(19,20)17-7-6-11-13(15)12(18)8-16-14(11)17/h2-8,18H,1H3. The highest BCUT2D eigenvalue weighted by Crippen LogP contribution is 2.26. The Kier molecular flexibility index (Phi) is 2.94. The summed E-state index contributed by atoms with van der Waals surface area (Å²) in [4.78, 5) is 3.89. The summed E-state index contributed by atoms with van der Waals surface area (Å²) >= 11 is 0. The molecule has 0 saturated heterocycles. The lowest BCUT2D eigenvalue weighted by atomic mass is 10.2. The van der Waals surface area contributed by atoms with Crippen LogP contribution in [0.2, 0.25) is 0 Å². The Morgan fingerprint density at radius 1 is 1.19 bits per heavy atom. The van der Waals surface area contributed by atoms with E-state index >= 15 is 0 Å². The van der Waals surface area contributed by atoms with E-state index in [0.29, 0.717) is 0 Å². The molecule has 3 rings (SSSR count). The number of hydrogen-bond donors (Lipinski definition) is 1. The fraction of sp³-hybridized carbons (Fsp3) is 0.0714. The van der Waals surface area contributed by atoms with Crippen molar-refractivity contribution in [2.75, 3.05) is 0 Å². The molecular formula is C14H11FN2O3S. The summed E-state index contributed by atoms with van der Waals surface area (Å²) in [6.07, 6.45) is 2.11. The van der Waals surface area contributed by atoms with Crippen molar-refractivity contribution in [1.29, 1.82) is 0 Å². The topological polar surface area (TPSA) is 72.2 Å². The van der Waals surface area contributed by atoms with Gasteiger partial charge in [0.1, 0.15) is 0 Å². The Hall–Kier alpha value is -2.41. The highest BCUT2D eigenvalue weighted by atomic mass is 32.2. The molecule has 21 heavy (non-hydrogen) atoms. The second-order valence-corrected chi connectivity index (χ2v) is 6.44. The zero-order valence-corrected chi connectivity index (χ0v) is 11.8. The molecule has 2 aromatic heterocycles. The summed E-state index contributed by atoms with van der Waals surface area (Å²) in [6.45, 7) is 1.85. The predicted octanol–water partition coefficient (Wildman–Crippen LogP) is 2.43. The van der Waals surface area contributed by atoms with Crippen LogP contribution < -0.4 is 0 Å². The van der Waals surface area contributed by atoms with Gasteiger partial charge >= 0.3 is 0 Å². The summed E-state index contributed by atoms with van der Waals surface area (Å²) in [7, 11) is -3.86. The van der Waals surface area contributed by atoms with E-state index in [9.17, 15) is 17.9 Å². The normalized spacial score (nSPS) is 11.9. The maximum absolute atomic E-state index is 13.8. The van der Waals surface area contributed by atoms with Crippen molar-refractivity contribution in [3.05, 3.63) is 54.1 Å². The number of pyridine rings is 1. The van der Waals surface area contributed by atoms with E-state index in [1.54, 1.807) is 12.1 Å². The fourth-order valence-corrected chi connectivity index (χ4v) is 3.34. The van der Waals surface area contributed by atoms with E-state index < -0.39 is 21.6 Å². The molecule has 1 aromatic carbocycles. The number of aromatic hydroxyl groups is 1. The lowest BCUT2D eigenvalue weighted by Crippen LogP contribution is -2.12. The van der Waals surface area contributed by atoms with Crippen LogP contribution in [0.5, 0.6) is 5.75 Å². The highest BCUT2D eigenvalue weighted by molar-refractivity contribution is 7.90. The number of aryl methyl sites for hydroxylation is 1. The number of halogens is 1. The summed E-state index contributed by atoms with van der Waals surface area (Å²) in [5, 5.41) is 9.23. The molecule has 0 atom stereocenters. The quantitative estimate of drug-likeness (QED) is 0.789. The molecule has 5 nitrogen and oxygen atoms in total. The average Bonchev–Trinajstić information content (AvgIpc) is 2.89. The fourth-order valence-electron chi connectivity index (χ4n) is 2.04. The first-order chi connectivity index (χ1) is 9.91. The number of benzene rings is 1. The zero-order chi connectivity index (χ0) is 15.2. The number of aromatic nitrogens is 2. The molecule has 108 valence electrons. The van der Waals surface area contributed by atoms with Gasteiger partial charge in [-0.05, 0) is 25.1 Å². The summed E-state index contributed by atoms with van der Waals surface area (Å²) in [5.41, 5.74) is 0.867. The smallest absolute Gasteiger partial charge is 0.269 e. The van der Waals surface area contributed by atoms with Gasteiger partial charge in [-0.15, -0.1) is 0 Å². The second-order valence-electron chi connectivity index (χ2n) is 4.62. The van der Waals surface area contributed by atoms with Gasteiger partial charge in [-0.2, -0.15) is 0 Å². The van der Waals surface area contributed by atoms with E-state index in [0.717, 1.165) is 15.7 Å². The van der Waals surface area contributed by atoms with Gasteiger partial charge in [0.15, 0.2) is 17.2 Å². The van der Waals surface area contributed by atoms with Gasteiger partial charge in [0.25, 0.3) is 10.0 Å². The molecule has 0 aliphatic carbocycles. The molecule has 0 saturated carbocycles. The minimum Gasteiger partial charge on any atom is -0.504 e. The van der Waals surface area contributed by atoms with Crippen LogP contribution in [0.25, 0.3) is 11.0 Å². The van der Waals surface area contributed by atoms with Gasteiger partial charge in [-0.3, -0.25) is 0 Å². The molecule has 2 heterocycles. The van der Waals surface area contributed by atoms with E-state index in [4.69, 9.17) is 0 Å². The molecule has 7 heteroatoms. The Morgan fingerprint density at radius 3 is 2.52 bits per heavy atom. The summed E-state index contributed by atoms with van der Waals surface area (Å²) < 4.78 is 39.8. The van der Waals surface area contributed by atoms with E-state index in [1.807, 2.05) is 6.92 Å². The number of rotatable bonds is 2. The molecule has 0 spiro atoms. The number of hydrogen-bond acceptors (Lipinski definition) is 4. The predicted molar refractivity (Wildman–Crippen MR) is 75.1 cm³/mol. The molecule has 0 aliphatic rings. The third-order valence-corrected chi connectivity index (χ3v) is 4.85. The number of fused-ring (bicyclic) bond motifs is 1. The minimum atomic E-state index is -3.86. The third kappa shape index (κ3) is 2.06. The Balaban J connectivity index is 2.25. The lowest BCUT2D eigenvalue weighted by Gasteiger charge is -2.07.